The molecular formula is C20H31N3O2. The molecule has 2 heterocycles. The molecule has 1 aliphatic heterocycles. The number of H-pyrrole nitrogens is 1. The van der Waals surface area contributed by atoms with E-state index in [0.717, 1.165) is 19.4 Å². The summed E-state index contributed by atoms with van der Waals surface area (Å²) in [6.07, 6.45) is 7.44. The number of nitrogens with zero attached hydrogens (tertiary/aromatic N) is 2. The number of carbonyl (C=O) groups excluding carboxylic acids is 2. The largest absolute Gasteiger partial charge is 0.373 e. The quantitative estimate of drug-likeness (QED) is 0.926. The molecule has 0 atom stereocenters. The first-order valence-corrected chi connectivity index (χ1v) is 8.93. The van der Waals surface area contributed by atoms with Crippen LogP contribution in [0.4, 0.5) is 0 Å². The molecule has 138 valence electrons. The number of rotatable bonds is 4. The number of aryl methyl sites for hydroxylation is 1. The Kier molecular flexibility index (Phi) is 9.78. The van der Waals surface area contributed by atoms with Gasteiger partial charge in [0.05, 0.1) is 0 Å². The second-order valence-electron chi connectivity index (χ2n) is 6.69. The zero-order valence-electron chi connectivity index (χ0n) is 16.0. The van der Waals surface area contributed by atoms with E-state index in [0.29, 0.717) is 0 Å². The summed E-state index contributed by atoms with van der Waals surface area (Å²) < 4.78 is 0. The van der Waals surface area contributed by atoms with E-state index in [1.54, 1.807) is 0 Å². The average molecular weight is 345 g/mol. The van der Waals surface area contributed by atoms with Crippen molar-refractivity contribution in [3.05, 3.63) is 35.5 Å². The van der Waals surface area contributed by atoms with Gasteiger partial charge in [0.15, 0.2) is 0 Å². The maximum Gasteiger partial charge on any atom is 0.373 e. The number of hydrogen-bond acceptors (Lipinski definition) is 4. The van der Waals surface area contributed by atoms with E-state index in [4.69, 9.17) is 9.59 Å². The lowest BCUT2D eigenvalue weighted by Gasteiger charge is -2.08. The van der Waals surface area contributed by atoms with E-state index in [2.05, 4.69) is 67.2 Å². The van der Waals surface area contributed by atoms with Gasteiger partial charge in [-0.25, -0.2) is 0 Å². The Balaban J connectivity index is 0.000000287. The van der Waals surface area contributed by atoms with Crippen LogP contribution in [-0.4, -0.2) is 61.7 Å². The molecule has 0 radical (unpaired) electrons. The molecule has 0 unspecified atom stereocenters. The Bertz CT molecular complexity index is 652. The fourth-order valence-corrected chi connectivity index (χ4v) is 2.87. The van der Waals surface area contributed by atoms with Crippen LogP contribution in [0.3, 0.4) is 0 Å². The van der Waals surface area contributed by atoms with Crippen LogP contribution < -0.4 is 0 Å². The van der Waals surface area contributed by atoms with Gasteiger partial charge in [-0.3, -0.25) is 0 Å². The first-order chi connectivity index (χ1) is 12.0. The van der Waals surface area contributed by atoms with Gasteiger partial charge in [-0.15, -0.1) is 0 Å². The molecule has 1 aromatic heterocycles. The molecule has 2 aromatic rings. The molecule has 5 nitrogen and oxygen atoms in total. The zero-order valence-corrected chi connectivity index (χ0v) is 16.0. The van der Waals surface area contributed by atoms with E-state index in [-0.39, 0.29) is 6.15 Å². The molecule has 0 amide bonds. The summed E-state index contributed by atoms with van der Waals surface area (Å²) in [6.45, 7) is 5.94. The van der Waals surface area contributed by atoms with Gasteiger partial charge in [-0.1, -0.05) is 13.0 Å². The Morgan fingerprint density at radius 3 is 2.32 bits per heavy atom. The van der Waals surface area contributed by atoms with Crippen LogP contribution in [0.15, 0.2) is 24.4 Å². The first-order valence-electron chi connectivity index (χ1n) is 8.93. The van der Waals surface area contributed by atoms with E-state index in [1.807, 2.05) is 0 Å². The predicted octanol–water partition coefficient (Wildman–Crippen LogP) is 2.96. The van der Waals surface area contributed by atoms with Crippen LogP contribution in [-0.2, 0) is 22.4 Å². The average Bonchev–Trinajstić information content (AvgIpc) is 3.22. The number of aromatic amines is 1. The lowest BCUT2D eigenvalue weighted by molar-refractivity contribution is -0.191. The fourth-order valence-electron chi connectivity index (χ4n) is 2.87. The van der Waals surface area contributed by atoms with Crippen molar-refractivity contribution in [1.29, 1.82) is 0 Å². The van der Waals surface area contributed by atoms with Crippen molar-refractivity contribution < 1.29 is 9.59 Å². The molecule has 0 aliphatic carbocycles. The topological polar surface area (TPSA) is 56.4 Å². The minimum Gasteiger partial charge on any atom is -0.361 e. The Hall–Kier alpha value is -1.94. The molecule has 0 saturated carbocycles. The summed E-state index contributed by atoms with van der Waals surface area (Å²) in [5.41, 5.74) is 4.10. The van der Waals surface area contributed by atoms with Crippen molar-refractivity contribution in [3.63, 3.8) is 0 Å². The van der Waals surface area contributed by atoms with Crippen LogP contribution in [0, 0.1) is 0 Å². The highest BCUT2D eigenvalue weighted by molar-refractivity contribution is 5.83. The highest BCUT2D eigenvalue weighted by Gasteiger charge is 2.04. The van der Waals surface area contributed by atoms with Crippen molar-refractivity contribution in [1.82, 2.24) is 14.8 Å². The number of nitrogens with one attached hydrogen (secondary N) is 1. The molecule has 1 saturated heterocycles. The van der Waals surface area contributed by atoms with E-state index >= 15 is 0 Å². The molecule has 1 aliphatic rings. The highest BCUT2D eigenvalue weighted by Crippen LogP contribution is 2.20. The summed E-state index contributed by atoms with van der Waals surface area (Å²) in [4.78, 5) is 24.2. The Labute approximate surface area is 151 Å². The minimum atomic E-state index is 0.250. The maximum atomic E-state index is 8.12. The molecule has 25 heavy (non-hydrogen) atoms. The third kappa shape index (κ3) is 7.65. The molecule has 0 bridgehead atoms. The monoisotopic (exact) mass is 345 g/mol. The van der Waals surface area contributed by atoms with Crippen molar-refractivity contribution in [3.8, 4) is 0 Å². The van der Waals surface area contributed by atoms with E-state index in [1.165, 1.54) is 48.0 Å². The van der Waals surface area contributed by atoms with Crippen LogP contribution in [0.25, 0.3) is 10.9 Å². The van der Waals surface area contributed by atoms with Crippen molar-refractivity contribution >= 4 is 17.1 Å². The maximum absolute atomic E-state index is 8.12. The van der Waals surface area contributed by atoms with Gasteiger partial charge in [0.1, 0.15) is 0 Å². The van der Waals surface area contributed by atoms with Crippen molar-refractivity contribution in [2.24, 2.45) is 0 Å². The van der Waals surface area contributed by atoms with Gasteiger partial charge in [-0.05, 0) is 83.2 Å². The first kappa shape index (κ1) is 21.1. The number of benzene rings is 1. The highest BCUT2D eigenvalue weighted by atomic mass is 16.2. The minimum absolute atomic E-state index is 0.250. The van der Waals surface area contributed by atoms with Gasteiger partial charge >= 0.3 is 6.15 Å². The Morgan fingerprint density at radius 2 is 1.84 bits per heavy atom. The van der Waals surface area contributed by atoms with Gasteiger partial charge in [-0.2, -0.15) is 9.59 Å². The summed E-state index contributed by atoms with van der Waals surface area (Å²) >= 11 is 0. The number of fused-ring (bicyclic) bond motifs is 1. The number of likely N-dealkylation sites (N-methyl/N-ethyl adjacent to an activating group) is 1. The van der Waals surface area contributed by atoms with E-state index in [9.17, 15) is 0 Å². The van der Waals surface area contributed by atoms with Crippen molar-refractivity contribution in [2.45, 2.75) is 32.6 Å². The van der Waals surface area contributed by atoms with Crippen LogP contribution in [0.1, 0.15) is 30.9 Å². The SMILES string of the molecule is CCc1ccc2[nH]cc(CCN(C)C)c2c1.CN1CCCC1.O=C=O. The fraction of sp³-hybridized carbons (Fsp3) is 0.550. The molecule has 1 fully saturated rings. The van der Waals surface area contributed by atoms with Crippen molar-refractivity contribution in [2.75, 3.05) is 40.8 Å². The standard InChI is InChI=1S/C14H20N2.C5H11N.CO2/c1-4-11-5-6-14-13(9-11)12(10-15-14)7-8-16(2)3;1-6-4-2-3-5-6;2-1-3/h5-6,9-10,15H,4,7-8H2,1-3H3;2-5H2,1H3;. The molecule has 5 heteroatoms. The number of likely N-dealkylation sites (tertiary alicyclic amines) is 1. The molecule has 1 aromatic carbocycles. The lowest BCUT2D eigenvalue weighted by Crippen LogP contribution is -2.14. The zero-order chi connectivity index (χ0) is 18.7. The van der Waals surface area contributed by atoms with Crippen LogP contribution >= 0.6 is 0 Å². The smallest absolute Gasteiger partial charge is 0.361 e. The summed E-state index contributed by atoms with van der Waals surface area (Å²) in [6, 6.07) is 6.71. The number of aromatic nitrogens is 1. The third-order valence-corrected chi connectivity index (χ3v) is 4.40. The summed E-state index contributed by atoms with van der Waals surface area (Å²) in [7, 11) is 6.41. The Morgan fingerprint density at radius 1 is 1.20 bits per heavy atom. The van der Waals surface area contributed by atoms with Crippen LogP contribution in [0.2, 0.25) is 0 Å². The normalized spacial score (nSPS) is 13.8. The molecule has 1 N–H and O–H groups in total. The number of hydrogen-bond donors (Lipinski definition) is 1. The van der Waals surface area contributed by atoms with Gasteiger partial charge in [0, 0.05) is 23.6 Å². The van der Waals surface area contributed by atoms with Gasteiger partial charge in [0.2, 0.25) is 0 Å². The van der Waals surface area contributed by atoms with Gasteiger partial charge in [0.25, 0.3) is 0 Å². The summed E-state index contributed by atoms with van der Waals surface area (Å²) in [5, 5.41) is 1.39. The predicted molar refractivity (Wildman–Crippen MR) is 102 cm³/mol. The second kappa shape index (κ2) is 11.6. The molecule has 0 spiro atoms. The third-order valence-electron chi connectivity index (χ3n) is 4.40. The van der Waals surface area contributed by atoms with Crippen LogP contribution in [0.5, 0.6) is 0 Å². The second-order valence-corrected chi connectivity index (χ2v) is 6.69. The van der Waals surface area contributed by atoms with E-state index < -0.39 is 0 Å². The molecule has 3 rings (SSSR count). The summed E-state index contributed by atoms with van der Waals surface area (Å²) in [5.74, 6) is 0. The molecular weight excluding hydrogens is 314 g/mol. The van der Waals surface area contributed by atoms with Gasteiger partial charge < -0.3 is 14.8 Å². The lowest BCUT2D eigenvalue weighted by atomic mass is 10.1.